The SMILES string of the molecule is COC1=CC2(C)C(c3ccccc3)C(c3ccc(OC)cc3)=CC2(OC)C1c1ccc(OC)cc1. The van der Waals surface area contributed by atoms with Crippen molar-refractivity contribution in [3.8, 4) is 11.5 Å². The summed E-state index contributed by atoms with van der Waals surface area (Å²) < 4.78 is 23.4. The number of hydrogen-bond donors (Lipinski definition) is 0. The molecule has 0 aliphatic heterocycles. The highest BCUT2D eigenvalue weighted by Crippen LogP contribution is 2.68. The normalized spacial score (nSPS) is 27.1. The zero-order valence-electron chi connectivity index (χ0n) is 20.9. The summed E-state index contributed by atoms with van der Waals surface area (Å²) in [7, 11) is 6.95. The van der Waals surface area contributed by atoms with E-state index >= 15 is 0 Å². The van der Waals surface area contributed by atoms with Crippen molar-refractivity contribution in [2.75, 3.05) is 28.4 Å². The molecule has 0 bridgehead atoms. The second-order valence-corrected chi connectivity index (χ2v) is 9.41. The van der Waals surface area contributed by atoms with Gasteiger partial charge in [-0.25, -0.2) is 0 Å². The minimum absolute atomic E-state index is 0.0745. The molecule has 0 aromatic heterocycles. The number of fused-ring (bicyclic) bond motifs is 1. The van der Waals surface area contributed by atoms with Gasteiger partial charge in [-0.15, -0.1) is 0 Å². The van der Waals surface area contributed by atoms with Gasteiger partial charge in [-0.2, -0.15) is 0 Å². The first-order valence-corrected chi connectivity index (χ1v) is 11.9. The molecule has 4 atom stereocenters. The first-order chi connectivity index (χ1) is 17.0. The zero-order valence-corrected chi connectivity index (χ0v) is 20.9. The fraction of sp³-hybridized carbons (Fsp3) is 0.290. The number of hydrogen-bond acceptors (Lipinski definition) is 4. The van der Waals surface area contributed by atoms with Crippen molar-refractivity contribution in [1.29, 1.82) is 0 Å². The Kier molecular flexibility index (Phi) is 5.94. The van der Waals surface area contributed by atoms with E-state index in [4.69, 9.17) is 18.9 Å². The van der Waals surface area contributed by atoms with Crippen LogP contribution in [0.25, 0.3) is 5.57 Å². The topological polar surface area (TPSA) is 36.9 Å². The van der Waals surface area contributed by atoms with Crippen molar-refractivity contribution >= 4 is 5.57 Å². The summed E-state index contributed by atoms with van der Waals surface area (Å²) in [5.41, 5.74) is 3.76. The molecule has 3 aromatic carbocycles. The van der Waals surface area contributed by atoms with Gasteiger partial charge in [0.1, 0.15) is 22.9 Å². The molecule has 180 valence electrons. The Hall–Kier alpha value is -3.50. The van der Waals surface area contributed by atoms with Crippen LogP contribution in [0.5, 0.6) is 11.5 Å². The van der Waals surface area contributed by atoms with Gasteiger partial charge in [0.2, 0.25) is 0 Å². The molecule has 2 aliphatic carbocycles. The van der Waals surface area contributed by atoms with Gasteiger partial charge in [0.25, 0.3) is 0 Å². The number of ether oxygens (including phenoxy) is 4. The van der Waals surface area contributed by atoms with Crippen LogP contribution in [0.3, 0.4) is 0 Å². The predicted octanol–water partition coefficient (Wildman–Crippen LogP) is 6.60. The van der Waals surface area contributed by atoms with E-state index < -0.39 is 5.60 Å². The average molecular weight is 469 g/mol. The summed E-state index contributed by atoms with van der Waals surface area (Å²) in [4.78, 5) is 0. The molecule has 4 unspecified atom stereocenters. The van der Waals surface area contributed by atoms with Crippen molar-refractivity contribution in [2.24, 2.45) is 5.41 Å². The maximum Gasteiger partial charge on any atom is 0.118 e. The van der Waals surface area contributed by atoms with E-state index in [0.717, 1.165) is 28.4 Å². The van der Waals surface area contributed by atoms with Gasteiger partial charge in [-0.05, 0) is 58.7 Å². The Balaban J connectivity index is 1.73. The Labute approximate surface area is 207 Å². The van der Waals surface area contributed by atoms with Gasteiger partial charge in [0.05, 0.1) is 27.2 Å². The van der Waals surface area contributed by atoms with E-state index in [1.807, 2.05) is 31.4 Å². The van der Waals surface area contributed by atoms with Crippen LogP contribution in [-0.4, -0.2) is 34.0 Å². The van der Waals surface area contributed by atoms with Crippen molar-refractivity contribution in [2.45, 2.75) is 24.4 Å². The van der Waals surface area contributed by atoms with Crippen LogP contribution >= 0.6 is 0 Å². The van der Waals surface area contributed by atoms with Crippen molar-refractivity contribution < 1.29 is 18.9 Å². The quantitative estimate of drug-likeness (QED) is 0.391. The second kappa shape index (κ2) is 8.94. The average Bonchev–Trinajstić information content (AvgIpc) is 3.32. The van der Waals surface area contributed by atoms with E-state index in [2.05, 4.69) is 73.7 Å². The minimum Gasteiger partial charge on any atom is -0.501 e. The lowest BCUT2D eigenvalue weighted by atomic mass is 9.65. The molecule has 0 amide bonds. The zero-order chi connectivity index (χ0) is 24.6. The Morgan fingerprint density at radius 2 is 1.17 bits per heavy atom. The highest BCUT2D eigenvalue weighted by Gasteiger charge is 2.66. The molecule has 4 nitrogen and oxygen atoms in total. The van der Waals surface area contributed by atoms with Crippen LogP contribution in [0.1, 0.15) is 35.4 Å². The minimum atomic E-state index is -0.636. The van der Waals surface area contributed by atoms with Crippen molar-refractivity contribution in [1.82, 2.24) is 0 Å². The third kappa shape index (κ3) is 3.47. The molecule has 0 radical (unpaired) electrons. The predicted molar refractivity (Wildman–Crippen MR) is 139 cm³/mol. The first-order valence-electron chi connectivity index (χ1n) is 11.9. The van der Waals surface area contributed by atoms with E-state index in [1.54, 1.807) is 21.3 Å². The van der Waals surface area contributed by atoms with Gasteiger partial charge >= 0.3 is 0 Å². The van der Waals surface area contributed by atoms with Gasteiger partial charge in [-0.1, -0.05) is 61.5 Å². The molecule has 3 aromatic rings. The fourth-order valence-electron chi connectivity index (χ4n) is 6.19. The molecule has 5 rings (SSSR count). The second-order valence-electron chi connectivity index (χ2n) is 9.41. The maximum absolute atomic E-state index is 6.57. The monoisotopic (exact) mass is 468 g/mol. The van der Waals surface area contributed by atoms with Crippen LogP contribution < -0.4 is 9.47 Å². The third-order valence-corrected chi connectivity index (χ3v) is 7.86. The number of benzene rings is 3. The maximum atomic E-state index is 6.57. The molecule has 4 heteroatoms. The number of allylic oxidation sites excluding steroid dienone is 1. The molecule has 0 fully saturated rings. The lowest BCUT2D eigenvalue weighted by Gasteiger charge is -2.43. The molecule has 0 N–H and O–H groups in total. The van der Waals surface area contributed by atoms with Gasteiger partial charge in [-0.3, -0.25) is 0 Å². The van der Waals surface area contributed by atoms with Gasteiger partial charge in [0.15, 0.2) is 0 Å². The summed E-state index contributed by atoms with van der Waals surface area (Å²) in [5.74, 6) is 2.56. The van der Waals surface area contributed by atoms with Crippen molar-refractivity contribution in [3.05, 3.63) is 113 Å². The first kappa shape index (κ1) is 23.3. The van der Waals surface area contributed by atoms with E-state index in [0.29, 0.717) is 0 Å². The summed E-state index contributed by atoms with van der Waals surface area (Å²) in [6.45, 7) is 2.30. The molecule has 0 spiro atoms. The van der Waals surface area contributed by atoms with Crippen LogP contribution in [0, 0.1) is 5.41 Å². The summed E-state index contributed by atoms with van der Waals surface area (Å²) >= 11 is 0. The summed E-state index contributed by atoms with van der Waals surface area (Å²) in [6.07, 6.45) is 4.62. The smallest absolute Gasteiger partial charge is 0.118 e. The van der Waals surface area contributed by atoms with Crippen LogP contribution in [0.15, 0.2) is 96.8 Å². The lowest BCUT2D eigenvalue weighted by molar-refractivity contribution is -0.0477. The largest absolute Gasteiger partial charge is 0.501 e. The molecular formula is C31H32O4. The highest BCUT2D eigenvalue weighted by molar-refractivity contribution is 5.80. The molecule has 0 saturated heterocycles. The molecule has 0 saturated carbocycles. The molecule has 35 heavy (non-hydrogen) atoms. The summed E-state index contributed by atoms with van der Waals surface area (Å²) in [5, 5.41) is 0. The third-order valence-electron chi connectivity index (χ3n) is 7.86. The Morgan fingerprint density at radius 3 is 1.71 bits per heavy atom. The number of methoxy groups -OCH3 is 4. The molecular weight excluding hydrogens is 436 g/mol. The number of rotatable bonds is 7. The van der Waals surface area contributed by atoms with Crippen LogP contribution in [0.2, 0.25) is 0 Å². The van der Waals surface area contributed by atoms with Crippen LogP contribution in [-0.2, 0) is 9.47 Å². The van der Waals surface area contributed by atoms with E-state index in [9.17, 15) is 0 Å². The molecule has 0 heterocycles. The van der Waals surface area contributed by atoms with Crippen LogP contribution in [0.4, 0.5) is 0 Å². The van der Waals surface area contributed by atoms with Gasteiger partial charge < -0.3 is 18.9 Å². The van der Waals surface area contributed by atoms with Gasteiger partial charge in [0, 0.05) is 18.4 Å². The molecule has 2 aliphatic rings. The highest BCUT2D eigenvalue weighted by atomic mass is 16.5. The lowest BCUT2D eigenvalue weighted by Crippen LogP contribution is -2.46. The van der Waals surface area contributed by atoms with E-state index in [-0.39, 0.29) is 17.3 Å². The Bertz CT molecular complexity index is 1240. The van der Waals surface area contributed by atoms with Crippen molar-refractivity contribution in [3.63, 3.8) is 0 Å². The fourth-order valence-corrected chi connectivity index (χ4v) is 6.19. The van der Waals surface area contributed by atoms with E-state index in [1.165, 1.54) is 11.1 Å². The summed E-state index contributed by atoms with van der Waals surface area (Å²) in [6, 6.07) is 27.2. The standard InChI is InChI=1S/C31H32O4/c1-30-20-27(34-4)29(23-13-17-25(33-3)18-14-23)31(30,35-5)19-26(21-11-15-24(32-2)16-12-21)28(30)22-9-7-6-8-10-22/h6-20,28-29H,1-5H3. The Morgan fingerprint density at radius 1 is 0.600 bits per heavy atom.